The van der Waals surface area contributed by atoms with E-state index < -0.39 is 6.10 Å². The number of hydrogen-bond donors (Lipinski definition) is 2. The lowest BCUT2D eigenvalue weighted by Crippen LogP contribution is -3.00. The third kappa shape index (κ3) is 47.6. The maximum absolute atomic E-state index is 12.3. The van der Waals surface area contributed by atoms with Gasteiger partial charge in [-0.1, -0.05) is 206 Å². The molecule has 1 atom stereocenters. The number of aliphatic hydroxyl groups is 1. The molecule has 0 radical (unpaired) electrons. The minimum Gasteiger partial charge on any atom is -1.00 e. The second-order valence-electron chi connectivity index (χ2n) is 17.6. The van der Waals surface area contributed by atoms with E-state index >= 15 is 0 Å². The Bertz CT molecular complexity index is 768. The number of quaternary nitrogens is 1. The van der Waals surface area contributed by atoms with E-state index in [0.717, 1.165) is 62.6 Å². The average Bonchev–Trinajstić information content (AvgIpc) is 3.15. The van der Waals surface area contributed by atoms with Crippen molar-refractivity contribution in [1.82, 2.24) is 5.32 Å². The second kappa shape index (κ2) is 46.0. The van der Waals surface area contributed by atoms with Crippen molar-refractivity contribution in [3.63, 3.8) is 0 Å². The van der Waals surface area contributed by atoms with Crippen molar-refractivity contribution in [1.29, 1.82) is 0 Å². The molecule has 6 nitrogen and oxygen atoms in total. The lowest BCUT2D eigenvalue weighted by molar-refractivity contribution is -0.893. The summed E-state index contributed by atoms with van der Waals surface area (Å²) in [5.74, 6) is 0.193. The van der Waals surface area contributed by atoms with Gasteiger partial charge in [0.15, 0.2) is 0 Å². The Balaban J connectivity index is 0. The lowest BCUT2D eigenvalue weighted by atomic mass is 10.0. The van der Waals surface area contributed by atoms with Gasteiger partial charge in [-0.2, -0.15) is 0 Å². The maximum Gasteiger partial charge on any atom is 0.219 e. The van der Waals surface area contributed by atoms with Gasteiger partial charge < -0.3 is 36.8 Å². The number of aldehydes is 1. The van der Waals surface area contributed by atoms with Crippen molar-refractivity contribution in [2.75, 3.05) is 46.9 Å². The number of ether oxygens (including phenoxy) is 1. The number of carbonyl (C=O) groups excluding carboxylic acids is 2. The van der Waals surface area contributed by atoms with Crippen LogP contribution in [0.15, 0.2) is 0 Å². The molecular formula is C48H97ClN2O4. The molecule has 0 saturated heterocycles. The summed E-state index contributed by atoms with van der Waals surface area (Å²) >= 11 is 0. The van der Waals surface area contributed by atoms with Crippen molar-refractivity contribution >= 4 is 12.2 Å². The number of hydrogen-bond acceptors (Lipinski definition) is 4. The van der Waals surface area contributed by atoms with Gasteiger partial charge in [0, 0.05) is 32.4 Å². The van der Waals surface area contributed by atoms with Crippen molar-refractivity contribution in [3.8, 4) is 0 Å². The number of nitrogens with one attached hydrogen (secondary N) is 1. The quantitative estimate of drug-likeness (QED) is 0.0365. The van der Waals surface area contributed by atoms with Crippen LogP contribution in [0.2, 0.25) is 0 Å². The monoisotopic (exact) mass is 801 g/mol. The van der Waals surface area contributed by atoms with E-state index in [4.69, 9.17) is 4.74 Å². The molecule has 0 rings (SSSR count). The standard InChI is InChI=1S/C48H96N2O4.ClH/c1-4-5-6-7-8-9-10-11-12-13-14-15-18-21-24-27-30-33-36-40-48(53)49-41-39-42-50(2,3)45-47(52)46-54-44-38-35-32-29-26-23-20-17-16-19-22-25-28-31-34-37-43-51;/h43,47,52H,4-42,44-46H2,1-3H3;1H. The Labute approximate surface area is 350 Å². The zero-order valence-electron chi connectivity index (χ0n) is 37.4. The van der Waals surface area contributed by atoms with Crippen molar-refractivity contribution < 1.29 is 36.3 Å². The third-order valence-corrected chi connectivity index (χ3v) is 11.4. The Hall–Kier alpha value is -0.690. The topological polar surface area (TPSA) is 75.6 Å². The summed E-state index contributed by atoms with van der Waals surface area (Å²) < 4.78 is 6.54. The van der Waals surface area contributed by atoms with Crippen LogP contribution < -0.4 is 17.7 Å². The highest BCUT2D eigenvalue weighted by Crippen LogP contribution is 2.16. The second-order valence-corrected chi connectivity index (χ2v) is 17.6. The number of rotatable bonds is 46. The van der Waals surface area contributed by atoms with Crippen LogP contribution >= 0.6 is 0 Å². The van der Waals surface area contributed by atoms with Gasteiger partial charge in [0.2, 0.25) is 5.91 Å². The number of halogens is 1. The van der Waals surface area contributed by atoms with Gasteiger partial charge in [0.25, 0.3) is 0 Å². The molecule has 55 heavy (non-hydrogen) atoms. The summed E-state index contributed by atoms with van der Waals surface area (Å²) in [7, 11) is 4.32. The van der Waals surface area contributed by atoms with Gasteiger partial charge in [-0.25, -0.2) is 0 Å². The van der Waals surface area contributed by atoms with Gasteiger partial charge in [-0.3, -0.25) is 4.79 Å². The Morgan fingerprint density at radius 1 is 0.564 bits per heavy atom. The van der Waals surface area contributed by atoms with E-state index in [0.29, 0.717) is 19.6 Å². The minimum atomic E-state index is -0.447. The smallest absolute Gasteiger partial charge is 0.219 e. The first-order valence-corrected chi connectivity index (χ1v) is 24.2. The molecular weight excluding hydrogens is 704 g/mol. The van der Waals surface area contributed by atoms with Crippen LogP contribution in [0.3, 0.4) is 0 Å². The molecule has 0 spiro atoms. The minimum absolute atomic E-state index is 0. The number of unbranched alkanes of at least 4 members (excludes halogenated alkanes) is 33. The summed E-state index contributed by atoms with van der Waals surface area (Å²) in [6.45, 7) is 5.78. The van der Waals surface area contributed by atoms with Gasteiger partial charge >= 0.3 is 0 Å². The summed E-state index contributed by atoms with van der Waals surface area (Å²) in [5.41, 5.74) is 0. The number of amides is 1. The molecule has 0 aromatic rings. The molecule has 1 amide bonds. The van der Waals surface area contributed by atoms with Gasteiger partial charge in [0.1, 0.15) is 18.9 Å². The van der Waals surface area contributed by atoms with E-state index in [1.54, 1.807) is 0 Å². The summed E-state index contributed by atoms with van der Waals surface area (Å²) in [6.07, 6.45) is 48.4. The highest BCUT2D eigenvalue weighted by atomic mass is 35.5. The van der Waals surface area contributed by atoms with E-state index in [-0.39, 0.29) is 18.3 Å². The van der Waals surface area contributed by atoms with Crippen LogP contribution in [-0.2, 0) is 14.3 Å². The normalized spacial score (nSPS) is 12.1. The van der Waals surface area contributed by atoms with Crippen LogP contribution in [0.25, 0.3) is 0 Å². The molecule has 0 fully saturated rings. The number of carbonyl (C=O) groups is 2. The maximum atomic E-state index is 12.3. The summed E-state index contributed by atoms with van der Waals surface area (Å²) in [6, 6.07) is 0. The first-order chi connectivity index (χ1) is 26.4. The number of aliphatic hydroxyl groups excluding tert-OH is 1. The van der Waals surface area contributed by atoms with Crippen molar-refractivity contribution in [2.45, 2.75) is 251 Å². The molecule has 7 heteroatoms. The fourth-order valence-electron chi connectivity index (χ4n) is 7.85. The summed E-state index contributed by atoms with van der Waals surface area (Å²) in [5, 5.41) is 13.7. The molecule has 0 aromatic heterocycles. The fraction of sp³-hybridized carbons (Fsp3) is 0.958. The van der Waals surface area contributed by atoms with Gasteiger partial charge in [0.05, 0.1) is 27.2 Å². The Morgan fingerprint density at radius 3 is 1.33 bits per heavy atom. The average molecular weight is 802 g/mol. The highest BCUT2D eigenvalue weighted by molar-refractivity contribution is 5.75. The Morgan fingerprint density at radius 2 is 0.927 bits per heavy atom. The molecule has 0 heterocycles. The SMILES string of the molecule is CCCCCCCCCCCCCCCCCCCCCC(=O)NCCC[N+](C)(C)CC(O)COCCCCCCCCCCCCCCCCCC=O.[Cl-]. The van der Waals surface area contributed by atoms with Crippen LogP contribution in [0.1, 0.15) is 244 Å². The van der Waals surface area contributed by atoms with E-state index in [1.807, 2.05) is 0 Å². The molecule has 2 N–H and O–H groups in total. The fourth-order valence-corrected chi connectivity index (χ4v) is 7.85. The zero-order valence-corrected chi connectivity index (χ0v) is 38.1. The summed E-state index contributed by atoms with van der Waals surface area (Å²) in [4.78, 5) is 22.6. The molecule has 1 unspecified atom stereocenters. The van der Waals surface area contributed by atoms with E-state index in [1.165, 1.54) is 199 Å². The third-order valence-electron chi connectivity index (χ3n) is 11.4. The van der Waals surface area contributed by atoms with E-state index in [2.05, 4.69) is 26.3 Å². The van der Waals surface area contributed by atoms with Crippen LogP contribution in [0, 0.1) is 0 Å². The lowest BCUT2D eigenvalue weighted by Gasteiger charge is -2.31. The van der Waals surface area contributed by atoms with Crippen LogP contribution in [-0.4, -0.2) is 74.8 Å². The van der Waals surface area contributed by atoms with Crippen molar-refractivity contribution in [2.24, 2.45) is 0 Å². The molecule has 0 aromatic carbocycles. The van der Waals surface area contributed by atoms with Crippen LogP contribution in [0.4, 0.5) is 0 Å². The predicted octanol–water partition coefficient (Wildman–Crippen LogP) is 10.2. The number of nitrogens with zero attached hydrogens (tertiary/aromatic N) is 1. The van der Waals surface area contributed by atoms with E-state index in [9.17, 15) is 14.7 Å². The van der Waals surface area contributed by atoms with Gasteiger partial charge in [-0.05, 0) is 19.3 Å². The van der Waals surface area contributed by atoms with Gasteiger partial charge in [-0.15, -0.1) is 0 Å². The molecule has 0 aliphatic carbocycles. The molecule has 0 bridgehead atoms. The molecule has 0 saturated carbocycles. The molecule has 0 aliphatic rings. The molecule has 330 valence electrons. The highest BCUT2D eigenvalue weighted by Gasteiger charge is 2.20. The first kappa shape index (κ1) is 56.4. The predicted molar refractivity (Wildman–Crippen MR) is 234 cm³/mol. The van der Waals surface area contributed by atoms with Crippen LogP contribution in [0.5, 0.6) is 0 Å². The number of likely N-dealkylation sites (N-methyl/N-ethyl adjacent to an activating group) is 1. The largest absolute Gasteiger partial charge is 1.00 e. The zero-order chi connectivity index (χ0) is 39.5. The van der Waals surface area contributed by atoms with Crippen molar-refractivity contribution in [3.05, 3.63) is 0 Å². The first-order valence-electron chi connectivity index (χ1n) is 24.2. The molecule has 0 aliphatic heterocycles. The Kier molecular flexibility index (Phi) is 47.2.